The Morgan fingerprint density at radius 1 is 0.824 bits per heavy atom. The highest BCUT2D eigenvalue weighted by Gasteiger charge is 2.05. The molecular weight excluding hydrogens is 212 g/mol. The quantitative estimate of drug-likeness (QED) is 0.403. The molecule has 0 aliphatic carbocycles. The van der Waals surface area contributed by atoms with Crippen molar-refractivity contribution in [2.75, 3.05) is 17.2 Å². The van der Waals surface area contributed by atoms with Crippen molar-refractivity contribution in [2.24, 2.45) is 0 Å². The third-order valence-electron chi connectivity index (χ3n) is 2.88. The molecule has 0 fully saturated rings. The van der Waals surface area contributed by atoms with Crippen molar-refractivity contribution < 1.29 is 0 Å². The van der Waals surface area contributed by atoms with Crippen molar-refractivity contribution in [3.63, 3.8) is 0 Å². The number of aromatic nitrogens is 1. The van der Waals surface area contributed by atoms with E-state index in [9.17, 15) is 0 Å². The molecule has 3 aromatic rings. The van der Waals surface area contributed by atoms with Gasteiger partial charge in [0.2, 0.25) is 0 Å². The van der Waals surface area contributed by atoms with E-state index in [0.29, 0.717) is 17.1 Å². The van der Waals surface area contributed by atoms with E-state index in [1.54, 1.807) is 6.07 Å². The molecule has 1 aromatic heterocycles. The third kappa shape index (κ3) is 1.42. The Hall–Kier alpha value is -2.49. The molecule has 0 bridgehead atoms. The summed E-state index contributed by atoms with van der Waals surface area (Å²) in [6.07, 6.45) is 0. The number of hydrogen-bond acceptors (Lipinski definition) is 4. The number of fused-ring (bicyclic) bond motifs is 2. The molecule has 0 saturated heterocycles. The van der Waals surface area contributed by atoms with Gasteiger partial charge in [-0.05, 0) is 24.3 Å². The van der Waals surface area contributed by atoms with Crippen LogP contribution in [-0.2, 0) is 0 Å². The van der Waals surface area contributed by atoms with Crippen molar-refractivity contribution in [1.29, 1.82) is 0 Å². The molecule has 17 heavy (non-hydrogen) atoms. The lowest BCUT2D eigenvalue weighted by Gasteiger charge is -2.06. The van der Waals surface area contributed by atoms with Crippen molar-refractivity contribution in [3.8, 4) is 0 Å². The smallest absolute Gasteiger partial charge is 0.0960 e. The normalized spacial score (nSPS) is 11.1. The lowest BCUT2D eigenvalue weighted by atomic mass is 10.1. The van der Waals surface area contributed by atoms with Crippen LogP contribution in [0.25, 0.3) is 21.8 Å². The number of rotatable bonds is 0. The molecule has 0 aliphatic heterocycles. The zero-order valence-corrected chi connectivity index (χ0v) is 9.14. The summed E-state index contributed by atoms with van der Waals surface area (Å²) in [6.45, 7) is 0. The van der Waals surface area contributed by atoms with Gasteiger partial charge in [0.05, 0.1) is 22.4 Å². The maximum Gasteiger partial charge on any atom is 0.0960 e. The SMILES string of the molecule is Nc1ccc2cc3ccc(N)c(N)c3nc2c1. The second-order valence-electron chi connectivity index (χ2n) is 4.08. The molecule has 0 saturated carbocycles. The first-order chi connectivity index (χ1) is 8.15. The molecule has 0 spiro atoms. The van der Waals surface area contributed by atoms with Crippen LogP contribution < -0.4 is 17.2 Å². The summed E-state index contributed by atoms with van der Waals surface area (Å²) in [6, 6.07) is 11.4. The van der Waals surface area contributed by atoms with Gasteiger partial charge in [0.1, 0.15) is 0 Å². The summed E-state index contributed by atoms with van der Waals surface area (Å²) in [7, 11) is 0. The molecule has 0 amide bonds. The number of benzene rings is 2. The number of nitrogens with two attached hydrogens (primary N) is 3. The topological polar surface area (TPSA) is 91.0 Å². The van der Waals surface area contributed by atoms with Crippen LogP contribution in [0.3, 0.4) is 0 Å². The van der Waals surface area contributed by atoms with Crippen molar-refractivity contribution >= 4 is 38.9 Å². The molecule has 0 atom stereocenters. The number of nitrogens with zero attached hydrogens (tertiary/aromatic N) is 1. The summed E-state index contributed by atoms with van der Waals surface area (Å²) in [5.74, 6) is 0. The van der Waals surface area contributed by atoms with Crippen molar-refractivity contribution in [3.05, 3.63) is 36.4 Å². The Labute approximate surface area is 98.0 Å². The molecule has 3 rings (SSSR count). The van der Waals surface area contributed by atoms with E-state index in [1.807, 2.05) is 30.3 Å². The first-order valence-electron chi connectivity index (χ1n) is 5.29. The monoisotopic (exact) mass is 224 g/mol. The molecule has 0 unspecified atom stereocenters. The number of pyridine rings is 1. The summed E-state index contributed by atoms with van der Waals surface area (Å²) < 4.78 is 0. The summed E-state index contributed by atoms with van der Waals surface area (Å²) in [4.78, 5) is 4.51. The molecule has 1 heterocycles. The fourth-order valence-corrected chi connectivity index (χ4v) is 1.95. The molecule has 0 aliphatic rings. The van der Waals surface area contributed by atoms with Gasteiger partial charge in [-0.3, -0.25) is 0 Å². The van der Waals surface area contributed by atoms with Crippen LogP contribution in [0.4, 0.5) is 17.1 Å². The van der Waals surface area contributed by atoms with Gasteiger partial charge in [0.25, 0.3) is 0 Å². The maximum atomic E-state index is 5.93. The number of anilines is 3. The van der Waals surface area contributed by atoms with E-state index in [2.05, 4.69) is 4.98 Å². The Balaban J connectivity index is 2.48. The minimum atomic E-state index is 0.520. The molecular formula is C13H12N4. The zero-order chi connectivity index (χ0) is 12.0. The highest BCUT2D eigenvalue weighted by atomic mass is 14.8. The van der Waals surface area contributed by atoms with Crippen LogP contribution in [0, 0.1) is 0 Å². The fraction of sp³-hybridized carbons (Fsp3) is 0. The summed E-state index contributed by atoms with van der Waals surface area (Å²) in [5, 5.41) is 2.02. The molecule has 84 valence electrons. The van der Waals surface area contributed by atoms with E-state index in [1.165, 1.54) is 0 Å². The van der Waals surface area contributed by atoms with Crippen LogP contribution in [0.15, 0.2) is 36.4 Å². The molecule has 4 heteroatoms. The van der Waals surface area contributed by atoms with Crippen LogP contribution in [0.5, 0.6) is 0 Å². The van der Waals surface area contributed by atoms with Crippen molar-refractivity contribution in [2.45, 2.75) is 0 Å². The molecule has 2 aromatic carbocycles. The third-order valence-corrected chi connectivity index (χ3v) is 2.88. The average Bonchev–Trinajstić information content (AvgIpc) is 2.32. The van der Waals surface area contributed by atoms with Gasteiger partial charge in [0, 0.05) is 16.5 Å². The second kappa shape index (κ2) is 3.25. The largest absolute Gasteiger partial charge is 0.399 e. The van der Waals surface area contributed by atoms with Crippen molar-refractivity contribution in [1.82, 2.24) is 4.98 Å². The summed E-state index contributed by atoms with van der Waals surface area (Å²) >= 11 is 0. The number of nitrogen functional groups attached to an aromatic ring is 3. The van der Waals surface area contributed by atoms with Gasteiger partial charge in [0.15, 0.2) is 0 Å². The average molecular weight is 224 g/mol. The Morgan fingerprint density at radius 3 is 2.41 bits per heavy atom. The van der Waals surface area contributed by atoms with Gasteiger partial charge < -0.3 is 17.2 Å². The van der Waals surface area contributed by atoms with Crippen LogP contribution in [0.2, 0.25) is 0 Å². The van der Waals surface area contributed by atoms with Gasteiger partial charge in [-0.25, -0.2) is 4.98 Å². The minimum absolute atomic E-state index is 0.520. The minimum Gasteiger partial charge on any atom is -0.399 e. The predicted molar refractivity (Wildman–Crippen MR) is 72.5 cm³/mol. The van der Waals surface area contributed by atoms with E-state index < -0.39 is 0 Å². The molecule has 0 radical (unpaired) electrons. The number of hydrogen-bond donors (Lipinski definition) is 3. The molecule has 4 nitrogen and oxygen atoms in total. The Bertz CT molecular complexity index is 734. The predicted octanol–water partition coefficient (Wildman–Crippen LogP) is 2.13. The van der Waals surface area contributed by atoms with Gasteiger partial charge >= 0.3 is 0 Å². The fourth-order valence-electron chi connectivity index (χ4n) is 1.95. The van der Waals surface area contributed by atoms with Crippen LogP contribution in [0.1, 0.15) is 0 Å². The summed E-state index contributed by atoms with van der Waals surface area (Å²) in [5.41, 5.74) is 20.7. The van der Waals surface area contributed by atoms with E-state index >= 15 is 0 Å². The highest BCUT2D eigenvalue weighted by Crippen LogP contribution is 2.28. The second-order valence-corrected chi connectivity index (χ2v) is 4.08. The van der Waals surface area contributed by atoms with E-state index in [0.717, 1.165) is 21.8 Å². The van der Waals surface area contributed by atoms with Crippen LogP contribution in [-0.4, -0.2) is 4.98 Å². The lowest BCUT2D eigenvalue weighted by Crippen LogP contribution is -1.97. The maximum absolute atomic E-state index is 5.93. The van der Waals surface area contributed by atoms with Gasteiger partial charge in [-0.15, -0.1) is 0 Å². The zero-order valence-electron chi connectivity index (χ0n) is 9.14. The van der Waals surface area contributed by atoms with E-state index in [-0.39, 0.29) is 0 Å². The van der Waals surface area contributed by atoms with Crippen LogP contribution >= 0.6 is 0 Å². The van der Waals surface area contributed by atoms with E-state index in [4.69, 9.17) is 17.2 Å². The van der Waals surface area contributed by atoms with Gasteiger partial charge in [-0.1, -0.05) is 12.1 Å². The highest BCUT2D eigenvalue weighted by molar-refractivity contribution is 6.01. The van der Waals surface area contributed by atoms with Gasteiger partial charge in [-0.2, -0.15) is 0 Å². The lowest BCUT2D eigenvalue weighted by molar-refractivity contribution is 1.50. The Morgan fingerprint density at radius 2 is 1.59 bits per heavy atom. The molecule has 6 N–H and O–H groups in total. The Kier molecular flexibility index (Phi) is 1.86. The standard InChI is InChI=1S/C13H12N4/c14-9-3-1-7-5-8-2-4-10(15)12(16)13(8)17-11(7)6-9/h1-6H,14-16H2. The first-order valence-corrected chi connectivity index (χ1v) is 5.29. The first kappa shape index (κ1) is 9.72.